The summed E-state index contributed by atoms with van der Waals surface area (Å²) in [6.07, 6.45) is 3.85. The number of aromatic nitrogens is 1. The van der Waals surface area contributed by atoms with Crippen molar-refractivity contribution >= 4 is 0 Å². The van der Waals surface area contributed by atoms with Gasteiger partial charge in [0.2, 0.25) is 0 Å². The van der Waals surface area contributed by atoms with Crippen molar-refractivity contribution in [3.63, 3.8) is 0 Å². The average molecular weight is 283 g/mol. The Bertz CT molecular complexity index is 560. The molecule has 2 heterocycles. The molecule has 1 aromatic heterocycles. The molecule has 0 saturated carbocycles. The molecule has 3 nitrogen and oxygen atoms in total. The van der Waals surface area contributed by atoms with E-state index in [2.05, 4.69) is 42.2 Å². The van der Waals surface area contributed by atoms with Crippen LogP contribution in [0.15, 0.2) is 48.8 Å². The maximum absolute atomic E-state index is 4.21. The minimum Gasteiger partial charge on any atom is -0.322 e. The molecule has 0 unspecified atom stereocenters. The highest BCUT2D eigenvalue weighted by molar-refractivity contribution is 5.24. The van der Waals surface area contributed by atoms with Gasteiger partial charge < -0.3 is 9.80 Å². The molecule has 3 rings (SSSR count). The first-order valence-corrected chi connectivity index (χ1v) is 7.92. The van der Waals surface area contributed by atoms with Crippen molar-refractivity contribution < 1.29 is 9.80 Å². The van der Waals surface area contributed by atoms with Crippen molar-refractivity contribution in [2.75, 3.05) is 26.2 Å². The largest absolute Gasteiger partial charge is 0.322 e. The number of pyridine rings is 1. The zero-order valence-corrected chi connectivity index (χ0v) is 12.8. The van der Waals surface area contributed by atoms with Crippen molar-refractivity contribution in [2.45, 2.75) is 20.0 Å². The van der Waals surface area contributed by atoms with Crippen molar-refractivity contribution in [3.05, 3.63) is 65.5 Å². The van der Waals surface area contributed by atoms with E-state index in [-0.39, 0.29) is 0 Å². The molecule has 0 radical (unpaired) electrons. The monoisotopic (exact) mass is 283 g/mol. The van der Waals surface area contributed by atoms with Crippen LogP contribution in [0.1, 0.15) is 16.7 Å². The molecule has 0 aliphatic carbocycles. The van der Waals surface area contributed by atoms with Gasteiger partial charge in [0.1, 0.15) is 39.3 Å². The van der Waals surface area contributed by atoms with Crippen LogP contribution in [0.2, 0.25) is 0 Å². The molecule has 0 bridgehead atoms. The Morgan fingerprint density at radius 1 is 0.905 bits per heavy atom. The quantitative estimate of drug-likeness (QED) is 0.802. The fourth-order valence-corrected chi connectivity index (χ4v) is 3.18. The summed E-state index contributed by atoms with van der Waals surface area (Å²) >= 11 is 0. The van der Waals surface area contributed by atoms with Crippen LogP contribution in [0.4, 0.5) is 0 Å². The van der Waals surface area contributed by atoms with E-state index >= 15 is 0 Å². The van der Waals surface area contributed by atoms with E-state index in [9.17, 15) is 0 Å². The van der Waals surface area contributed by atoms with Crippen LogP contribution in [0.25, 0.3) is 0 Å². The van der Waals surface area contributed by atoms with Gasteiger partial charge in [0.15, 0.2) is 0 Å². The van der Waals surface area contributed by atoms with E-state index in [1.165, 1.54) is 49.4 Å². The van der Waals surface area contributed by atoms with Crippen molar-refractivity contribution in [1.82, 2.24) is 4.98 Å². The first-order valence-electron chi connectivity index (χ1n) is 7.92. The SMILES string of the molecule is Cc1ccccc1C[NH+]1CC[NH+](Cc2cccnc2)CC1. The third-order valence-corrected chi connectivity index (χ3v) is 4.54. The molecule has 2 aromatic rings. The van der Waals surface area contributed by atoms with Gasteiger partial charge in [0.05, 0.1) is 0 Å². The first-order chi connectivity index (χ1) is 10.3. The molecule has 1 fully saturated rings. The van der Waals surface area contributed by atoms with Gasteiger partial charge in [0.25, 0.3) is 0 Å². The Morgan fingerprint density at radius 3 is 2.29 bits per heavy atom. The first kappa shape index (κ1) is 14.2. The van der Waals surface area contributed by atoms with Gasteiger partial charge in [-0.3, -0.25) is 4.98 Å². The van der Waals surface area contributed by atoms with E-state index in [0.29, 0.717) is 0 Å². The highest BCUT2D eigenvalue weighted by Gasteiger charge is 2.23. The number of hydrogen-bond acceptors (Lipinski definition) is 1. The number of rotatable bonds is 4. The molecule has 1 saturated heterocycles. The van der Waals surface area contributed by atoms with Crippen LogP contribution in [0, 0.1) is 6.92 Å². The lowest BCUT2D eigenvalue weighted by Crippen LogP contribution is -3.27. The third-order valence-electron chi connectivity index (χ3n) is 4.54. The van der Waals surface area contributed by atoms with Gasteiger partial charge in [-0.1, -0.05) is 30.3 Å². The van der Waals surface area contributed by atoms with E-state index in [4.69, 9.17) is 0 Å². The number of nitrogens with zero attached hydrogens (tertiary/aromatic N) is 1. The van der Waals surface area contributed by atoms with E-state index < -0.39 is 0 Å². The van der Waals surface area contributed by atoms with Gasteiger partial charge >= 0.3 is 0 Å². The van der Waals surface area contributed by atoms with Crippen LogP contribution in [0.5, 0.6) is 0 Å². The van der Waals surface area contributed by atoms with E-state index in [0.717, 1.165) is 6.54 Å². The lowest BCUT2D eigenvalue weighted by atomic mass is 10.1. The zero-order chi connectivity index (χ0) is 14.5. The van der Waals surface area contributed by atoms with Crippen LogP contribution < -0.4 is 9.80 Å². The molecule has 0 atom stereocenters. The summed E-state index contributed by atoms with van der Waals surface area (Å²) in [5, 5.41) is 0. The predicted molar refractivity (Wildman–Crippen MR) is 84.2 cm³/mol. The Morgan fingerprint density at radius 2 is 1.62 bits per heavy atom. The Balaban J connectivity index is 1.50. The summed E-state index contributed by atoms with van der Waals surface area (Å²) in [4.78, 5) is 7.62. The highest BCUT2D eigenvalue weighted by atomic mass is 15.3. The molecule has 110 valence electrons. The second-order valence-corrected chi connectivity index (χ2v) is 6.14. The lowest BCUT2D eigenvalue weighted by molar-refractivity contribution is -1.02. The van der Waals surface area contributed by atoms with Gasteiger partial charge in [0, 0.05) is 23.5 Å². The fourth-order valence-electron chi connectivity index (χ4n) is 3.18. The molecule has 3 heteroatoms. The van der Waals surface area contributed by atoms with Crippen LogP contribution in [0.3, 0.4) is 0 Å². The summed E-state index contributed by atoms with van der Waals surface area (Å²) in [5.74, 6) is 0. The normalized spacial score (nSPS) is 22.1. The summed E-state index contributed by atoms with van der Waals surface area (Å²) in [5.41, 5.74) is 4.29. The molecule has 2 N–H and O–H groups in total. The maximum atomic E-state index is 4.21. The molecule has 21 heavy (non-hydrogen) atoms. The highest BCUT2D eigenvalue weighted by Crippen LogP contribution is 2.04. The molecular weight excluding hydrogens is 258 g/mol. The van der Waals surface area contributed by atoms with Crippen LogP contribution in [-0.2, 0) is 13.1 Å². The van der Waals surface area contributed by atoms with Gasteiger partial charge in [-0.15, -0.1) is 0 Å². The summed E-state index contributed by atoms with van der Waals surface area (Å²) < 4.78 is 0. The minimum atomic E-state index is 1.12. The molecular formula is C18H25N3+2. The number of nitrogens with one attached hydrogen (secondary N) is 2. The second kappa shape index (κ2) is 6.83. The van der Waals surface area contributed by atoms with E-state index in [1.54, 1.807) is 9.80 Å². The maximum Gasteiger partial charge on any atom is 0.127 e. The van der Waals surface area contributed by atoms with Gasteiger partial charge in [-0.25, -0.2) is 0 Å². The summed E-state index contributed by atoms with van der Waals surface area (Å²) in [6.45, 7) is 9.57. The lowest BCUT2D eigenvalue weighted by Gasteiger charge is -2.30. The average Bonchev–Trinajstić information content (AvgIpc) is 2.52. The van der Waals surface area contributed by atoms with Gasteiger partial charge in [-0.05, 0) is 18.6 Å². The number of benzene rings is 1. The Labute approximate surface area is 127 Å². The number of piperazine rings is 1. The van der Waals surface area contributed by atoms with Gasteiger partial charge in [-0.2, -0.15) is 0 Å². The summed E-state index contributed by atoms with van der Waals surface area (Å²) in [6, 6.07) is 13.0. The minimum absolute atomic E-state index is 1.12. The molecule has 1 aromatic carbocycles. The standard InChI is InChI=1S/C18H23N3/c1-16-5-2-3-7-18(16)15-21-11-9-20(10-12-21)14-17-6-4-8-19-13-17/h2-8,13H,9-12,14-15H2,1H3/p+2. The third kappa shape index (κ3) is 3.90. The Hall–Kier alpha value is -1.71. The smallest absolute Gasteiger partial charge is 0.127 e. The molecule has 0 amide bonds. The van der Waals surface area contributed by atoms with Crippen molar-refractivity contribution in [1.29, 1.82) is 0 Å². The van der Waals surface area contributed by atoms with Crippen molar-refractivity contribution in [3.8, 4) is 0 Å². The van der Waals surface area contributed by atoms with Crippen molar-refractivity contribution in [2.24, 2.45) is 0 Å². The molecule has 1 aliphatic heterocycles. The summed E-state index contributed by atoms with van der Waals surface area (Å²) in [7, 11) is 0. The molecule has 0 spiro atoms. The second-order valence-electron chi connectivity index (χ2n) is 6.14. The van der Waals surface area contributed by atoms with Crippen LogP contribution >= 0.6 is 0 Å². The van der Waals surface area contributed by atoms with Crippen LogP contribution in [-0.4, -0.2) is 31.2 Å². The fraction of sp³-hybridized carbons (Fsp3) is 0.389. The topological polar surface area (TPSA) is 21.8 Å². The van der Waals surface area contributed by atoms with E-state index in [1.807, 2.05) is 18.5 Å². The Kier molecular flexibility index (Phi) is 4.63. The number of hydrogen-bond donors (Lipinski definition) is 2. The number of aryl methyl sites for hydroxylation is 1. The zero-order valence-electron chi connectivity index (χ0n) is 12.8. The number of quaternary nitrogens is 2. The predicted octanol–water partition coefficient (Wildman–Crippen LogP) is -0.126. The molecule has 1 aliphatic rings.